The van der Waals surface area contributed by atoms with Crippen molar-refractivity contribution in [2.24, 2.45) is 0 Å². The molecule has 128 valence electrons. The van der Waals surface area contributed by atoms with E-state index in [9.17, 15) is 14.9 Å². The van der Waals surface area contributed by atoms with Crippen LogP contribution in [0.3, 0.4) is 0 Å². The molecule has 0 bridgehead atoms. The molecule has 1 heterocycles. The normalized spacial score (nSPS) is 10.7. The Morgan fingerprint density at radius 1 is 1.36 bits per heavy atom. The van der Waals surface area contributed by atoms with Gasteiger partial charge in [0.1, 0.15) is 5.75 Å². The quantitative estimate of drug-likeness (QED) is 0.536. The van der Waals surface area contributed by atoms with Gasteiger partial charge in [-0.3, -0.25) is 20.2 Å². The van der Waals surface area contributed by atoms with Gasteiger partial charge in [-0.05, 0) is 19.1 Å². The number of methoxy groups -OCH3 is 1. The van der Waals surface area contributed by atoms with Gasteiger partial charge in [-0.25, -0.2) is 4.98 Å². The summed E-state index contributed by atoms with van der Waals surface area (Å²) in [6.45, 7) is 1.62. The number of halogens is 1. The highest BCUT2D eigenvalue weighted by atomic mass is 35.5. The van der Waals surface area contributed by atoms with E-state index in [1.807, 2.05) is 0 Å². The number of anilines is 1. The second-order valence-electron chi connectivity index (χ2n) is 5.19. The number of amides is 1. The Kier molecular flexibility index (Phi) is 4.56. The smallest absolute Gasteiger partial charge is 0.273 e. The topological polar surface area (TPSA) is 94.4 Å². The van der Waals surface area contributed by atoms with Crippen LogP contribution in [-0.4, -0.2) is 22.9 Å². The Balaban J connectivity index is 1.89. The molecule has 2 aromatic carbocycles. The van der Waals surface area contributed by atoms with Crippen molar-refractivity contribution in [1.29, 1.82) is 0 Å². The Hall–Kier alpha value is -2.71. The van der Waals surface area contributed by atoms with Crippen molar-refractivity contribution in [3.63, 3.8) is 0 Å². The largest absolute Gasteiger partial charge is 0.495 e. The van der Waals surface area contributed by atoms with E-state index < -0.39 is 10.8 Å². The van der Waals surface area contributed by atoms with E-state index in [-0.39, 0.29) is 11.3 Å². The van der Waals surface area contributed by atoms with Gasteiger partial charge >= 0.3 is 0 Å². The number of rotatable bonds is 4. The van der Waals surface area contributed by atoms with Gasteiger partial charge in [0.2, 0.25) is 0 Å². The van der Waals surface area contributed by atoms with Crippen LogP contribution in [0.2, 0.25) is 5.02 Å². The highest BCUT2D eigenvalue weighted by Crippen LogP contribution is 2.34. The summed E-state index contributed by atoms with van der Waals surface area (Å²) in [6.07, 6.45) is 0. The van der Waals surface area contributed by atoms with Gasteiger partial charge in [0.25, 0.3) is 11.6 Å². The first-order valence-electron chi connectivity index (χ1n) is 7.09. The summed E-state index contributed by atoms with van der Waals surface area (Å²) >= 11 is 7.32. The number of aryl methyl sites for hydroxylation is 1. The molecular weight excluding hydrogens is 366 g/mol. The molecule has 25 heavy (non-hydrogen) atoms. The lowest BCUT2D eigenvalue weighted by Gasteiger charge is -2.03. The van der Waals surface area contributed by atoms with Crippen molar-refractivity contribution in [1.82, 2.24) is 4.98 Å². The summed E-state index contributed by atoms with van der Waals surface area (Å²) < 4.78 is 5.95. The van der Waals surface area contributed by atoms with Crippen LogP contribution in [0.4, 0.5) is 10.8 Å². The maximum absolute atomic E-state index is 12.3. The van der Waals surface area contributed by atoms with Crippen LogP contribution in [0.25, 0.3) is 10.2 Å². The van der Waals surface area contributed by atoms with E-state index in [2.05, 4.69) is 10.3 Å². The number of hydrogen-bond acceptors (Lipinski definition) is 6. The van der Waals surface area contributed by atoms with Crippen LogP contribution in [0.5, 0.6) is 5.75 Å². The van der Waals surface area contributed by atoms with Crippen LogP contribution in [-0.2, 0) is 0 Å². The standard InChI is InChI=1S/C16H12ClN3O4S/c1-8-3-4-9(5-12(8)20(22)23)15(21)19-16-18-11-6-10(17)13(24-2)7-14(11)25-16/h3-7H,1-2H3,(H,18,19,21). The predicted molar refractivity (Wildman–Crippen MR) is 97.0 cm³/mol. The number of nitro groups is 1. The summed E-state index contributed by atoms with van der Waals surface area (Å²) in [6, 6.07) is 7.71. The molecule has 0 aliphatic carbocycles. The lowest BCUT2D eigenvalue weighted by atomic mass is 10.1. The average Bonchev–Trinajstić information content (AvgIpc) is 2.94. The van der Waals surface area contributed by atoms with Crippen molar-refractivity contribution < 1.29 is 14.5 Å². The fourth-order valence-corrected chi connectivity index (χ4v) is 3.36. The molecule has 0 unspecified atom stereocenters. The zero-order valence-electron chi connectivity index (χ0n) is 13.2. The lowest BCUT2D eigenvalue weighted by molar-refractivity contribution is -0.385. The number of nitrogens with zero attached hydrogens (tertiary/aromatic N) is 2. The number of benzene rings is 2. The Bertz CT molecular complexity index is 1000. The fourth-order valence-electron chi connectivity index (χ4n) is 2.26. The van der Waals surface area contributed by atoms with Gasteiger partial charge in [-0.1, -0.05) is 29.0 Å². The van der Waals surface area contributed by atoms with Crippen LogP contribution in [0, 0.1) is 17.0 Å². The molecule has 1 amide bonds. The zero-order valence-corrected chi connectivity index (χ0v) is 14.8. The molecular formula is C16H12ClN3O4S. The number of nitrogens with one attached hydrogen (secondary N) is 1. The van der Waals surface area contributed by atoms with Crippen LogP contribution in [0.15, 0.2) is 30.3 Å². The summed E-state index contributed by atoms with van der Waals surface area (Å²) in [5, 5.41) is 14.4. The van der Waals surface area contributed by atoms with Gasteiger partial charge in [0.15, 0.2) is 5.13 Å². The molecule has 0 fully saturated rings. The second-order valence-corrected chi connectivity index (χ2v) is 6.62. The van der Waals surface area contributed by atoms with E-state index in [4.69, 9.17) is 16.3 Å². The molecule has 0 spiro atoms. The summed E-state index contributed by atoms with van der Waals surface area (Å²) in [5.41, 5.74) is 1.20. The molecule has 0 saturated carbocycles. The molecule has 0 atom stereocenters. The van der Waals surface area contributed by atoms with Gasteiger partial charge in [0.05, 0.1) is 27.3 Å². The molecule has 1 aromatic heterocycles. The van der Waals surface area contributed by atoms with Crippen LogP contribution >= 0.6 is 22.9 Å². The molecule has 0 radical (unpaired) electrons. The first-order valence-corrected chi connectivity index (χ1v) is 8.29. The first kappa shape index (κ1) is 17.1. The molecule has 3 rings (SSSR count). The lowest BCUT2D eigenvalue weighted by Crippen LogP contribution is -2.12. The van der Waals surface area contributed by atoms with Gasteiger partial charge in [0, 0.05) is 23.3 Å². The van der Waals surface area contributed by atoms with Crippen molar-refractivity contribution in [3.05, 3.63) is 56.6 Å². The summed E-state index contributed by atoms with van der Waals surface area (Å²) in [5.74, 6) is 0.0464. The van der Waals surface area contributed by atoms with Gasteiger partial charge in [-0.15, -0.1) is 0 Å². The molecule has 3 aromatic rings. The minimum atomic E-state index is -0.516. The van der Waals surface area contributed by atoms with E-state index in [1.54, 1.807) is 19.1 Å². The number of carbonyl (C=O) groups excluding carboxylic acids is 1. The van der Waals surface area contributed by atoms with E-state index in [0.29, 0.717) is 27.0 Å². The third-order valence-electron chi connectivity index (χ3n) is 3.55. The monoisotopic (exact) mass is 377 g/mol. The summed E-state index contributed by atoms with van der Waals surface area (Å²) in [4.78, 5) is 27.1. The molecule has 0 aliphatic rings. The minimum Gasteiger partial charge on any atom is -0.495 e. The molecule has 0 aliphatic heterocycles. The third-order valence-corrected chi connectivity index (χ3v) is 4.78. The van der Waals surface area contributed by atoms with Crippen molar-refractivity contribution >= 4 is 49.9 Å². The molecule has 7 nitrogen and oxygen atoms in total. The summed E-state index contributed by atoms with van der Waals surface area (Å²) in [7, 11) is 1.51. The maximum Gasteiger partial charge on any atom is 0.273 e. The number of carbonyl (C=O) groups is 1. The van der Waals surface area contributed by atoms with Gasteiger partial charge in [-0.2, -0.15) is 0 Å². The van der Waals surface area contributed by atoms with E-state index in [0.717, 1.165) is 4.70 Å². The maximum atomic E-state index is 12.3. The Labute approximate surface area is 151 Å². The number of aromatic nitrogens is 1. The van der Waals surface area contributed by atoms with E-state index >= 15 is 0 Å². The van der Waals surface area contributed by atoms with E-state index in [1.165, 1.54) is 36.6 Å². The number of fused-ring (bicyclic) bond motifs is 1. The first-order chi connectivity index (χ1) is 11.9. The minimum absolute atomic E-state index is 0.103. The highest BCUT2D eigenvalue weighted by molar-refractivity contribution is 7.22. The highest BCUT2D eigenvalue weighted by Gasteiger charge is 2.16. The molecule has 0 saturated heterocycles. The third kappa shape index (κ3) is 3.40. The van der Waals surface area contributed by atoms with Crippen molar-refractivity contribution in [2.75, 3.05) is 12.4 Å². The number of ether oxygens (including phenoxy) is 1. The van der Waals surface area contributed by atoms with Crippen LogP contribution in [0.1, 0.15) is 15.9 Å². The zero-order chi connectivity index (χ0) is 18.1. The van der Waals surface area contributed by atoms with Gasteiger partial charge < -0.3 is 4.74 Å². The predicted octanol–water partition coefficient (Wildman–Crippen LogP) is 4.43. The number of nitro benzene ring substituents is 1. The Morgan fingerprint density at radius 2 is 2.12 bits per heavy atom. The number of thiazole rings is 1. The molecule has 1 N–H and O–H groups in total. The number of hydrogen-bond donors (Lipinski definition) is 1. The fraction of sp³-hybridized carbons (Fsp3) is 0.125. The average molecular weight is 378 g/mol. The second kappa shape index (κ2) is 6.66. The SMILES string of the molecule is COc1cc2sc(NC(=O)c3ccc(C)c([N+](=O)[O-])c3)nc2cc1Cl. The molecule has 9 heteroatoms. The van der Waals surface area contributed by atoms with Crippen molar-refractivity contribution in [2.45, 2.75) is 6.92 Å². The Morgan fingerprint density at radius 3 is 2.80 bits per heavy atom. The van der Waals surface area contributed by atoms with Crippen LogP contribution < -0.4 is 10.1 Å². The van der Waals surface area contributed by atoms with Crippen molar-refractivity contribution in [3.8, 4) is 5.75 Å².